The fourth-order valence-corrected chi connectivity index (χ4v) is 1.25. The molecule has 1 heteroatoms. The molecular formula is C8H17N. The Morgan fingerprint density at radius 2 is 1.89 bits per heavy atom. The van der Waals surface area contributed by atoms with Crippen molar-refractivity contribution in [1.82, 2.24) is 4.90 Å². The largest absolute Gasteiger partial charge is 0.301 e. The molecule has 9 heavy (non-hydrogen) atoms. The first-order chi connectivity index (χ1) is 4.13. The predicted octanol–water partition coefficient (Wildman–Crippen LogP) is 1.74. The summed E-state index contributed by atoms with van der Waals surface area (Å²) in [5.74, 6) is 0.956. The predicted molar refractivity (Wildman–Crippen MR) is 40.5 cm³/mol. The fraction of sp³-hybridized carbons (Fsp3) is 1.00. The van der Waals surface area contributed by atoms with E-state index in [0.29, 0.717) is 0 Å². The van der Waals surface area contributed by atoms with Gasteiger partial charge in [0.25, 0.3) is 0 Å². The minimum absolute atomic E-state index is 0.722. The van der Waals surface area contributed by atoms with Crippen LogP contribution in [0.5, 0.6) is 0 Å². The van der Waals surface area contributed by atoms with Gasteiger partial charge in [-0.05, 0) is 33.2 Å². The van der Waals surface area contributed by atoms with Crippen LogP contribution in [0.3, 0.4) is 0 Å². The van der Waals surface area contributed by atoms with E-state index in [0.717, 1.165) is 18.0 Å². The zero-order valence-electron chi connectivity index (χ0n) is 6.89. The fourth-order valence-electron chi connectivity index (χ4n) is 1.25. The van der Waals surface area contributed by atoms with E-state index in [4.69, 9.17) is 0 Å². The van der Waals surface area contributed by atoms with Gasteiger partial charge in [-0.1, -0.05) is 6.92 Å². The highest BCUT2D eigenvalue weighted by Crippen LogP contribution is 2.34. The molecule has 1 aliphatic carbocycles. The van der Waals surface area contributed by atoms with Gasteiger partial charge in [0, 0.05) is 12.1 Å². The summed E-state index contributed by atoms with van der Waals surface area (Å²) in [6, 6.07) is 1.62. The summed E-state index contributed by atoms with van der Waals surface area (Å²) in [6.07, 6.45) is 1.41. The third-order valence-corrected chi connectivity index (χ3v) is 2.40. The lowest BCUT2D eigenvalue weighted by atomic mass is 10.3. The maximum absolute atomic E-state index is 2.46. The zero-order chi connectivity index (χ0) is 7.02. The highest BCUT2D eigenvalue weighted by atomic mass is 15.2. The molecule has 0 bridgehead atoms. The van der Waals surface area contributed by atoms with Crippen molar-refractivity contribution in [3.05, 3.63) is 0 Å². The average molecular weight is 127 g/mol. The molecule has 0 saturated heterocycles. The standard InChI is InChI=1S/C8H17N/c1-6(2)9(4)8-5-7(8)3/h6-8H,5H2,1-4H3/t7-,8-/m1/s1. The SMILES string of the molecule is CC(C)N(C)[C@@H]1C[C@H]1C. The molecule has 0 aromatic carbocycles. The first-order valence-corrected chi connectivity index (χ1v) is 3.85. The van der Waals surface area contributed by atoms with Gasteiger partial charge in [-0.3, -0.25) is 0 Å². The highest BCUT2D eigenvalue weighted by Gasteiger charge is 2.36. The minimum Gasteiger partial charge on any atom is -0.301 e. The molecule has 1 nitrogen and oxygen atoms in total. The molecule has 0 amide bonds. The molecule has 1 fully saturated rings. The lowest BCUT2D eigenvalue weighted by Crippen LogP contribution is -2.29. The van der Waals surface area contributed by atoms with Crippen LogP contribution in [0.25, 0.3) is 0 Å². The van der Waals surface area contributed by atoms with Crippen molar-refractivity contribution in [2.24, 2.45) is 5.92 Å². The molecule has 0 aliphatic heterocycles. The molecular weight excluding hydrogens is 110 g/mol. The van der Waals surface area contributed by atoms with E-state index in [2.05, 4.69) is 32.7 Å². The summed E-state index contributed by atoms with van der Waals surface area (Å²) in [4.78, 5) is 2.46. The van der Waals surface area contributed by atoms with Crippen molar-refractivity contribution < 1.29 is 0 Å². The molecule has 0 N–H and O–H groups in total. The summed E-state index contributed by atoms with van der Waals surface area (Å²) in [7, 11) is 2.22. The van der Waals surface area contributed by atoms with Crippen LogP contribution in [0.2, 0.25) is 0 Å². The molecule has 54 valence electrons. The van der Waals surface area contributed by atoms with Gasteiger partial charge in [-0.25, -0.2) is 0 Å². The van der Waals surface area contributed by atoms with Gasteiger partial charge in [0.05, 0.1) is 0 Å². The number of hydrogen-bond donors (Lipinski definition) is 0. The van der Waals surface area contributed by atoms with Crippen molar-refractivity contribution >= 4 is 0 Å². The van der Waals surface area contributed by atoms with Crippen LogP contribution < -0.4 is 0 Å². The van der Waals surface area contributed by atoms with E-state index in [1.54, 1.807) is 0 Å². The molecule has 0 aromatic rings. The molecule has 1 rings (SSSR count). The van der Waals surface area contributed by atoms with Crippen molar-refractivity contribution in [1.29, 1.82) is 0 Å². The topological polar surface area (TPSA) is 3.24 Å². The van der Waals surface area contributed by atoms with Gasteiger partial charge in [0.2, 0.25) is 0 Å². The molecule has 0 heterocycles. The van der Waals surface area contributed by atoms with Crippen LogP contribution in [0.15, 0.2) is 0 Å². The number of hydrogen-bond acceptors (Lipinski definition) is 1. The van der Waals surface area contributed by atoms with E-state index >= 15 is 0 Å². The Kier molecular flexibility index (Phi) is 1.80. The van der Waals surface area contributed by atoms with Crippen LogP contribution in [0.1, 0.15) is 27.2 Å². The summed E-state index contributed by atoms with van der Waals surface area (Å²) < 4.78 is 0. The lowest BCUT2D eigenvalue weighted by Gasteiger charge is -2.20. The molecule has 0 spiro atoms. The van der Waals surface area contributed by atoms with Crippen LogP contribution in [-0.2, 0) is 0 Å². The van der Waals surface area contributed by atoms with E-state index in [1.807, 2.05) is 0 Å². The third kappa shape index (κ3) is 1.45. The first kappa shape index (κ1) is 7.07. The second-order valence-corrected chi connectivity index (χ2v) is 3.54. The summed E-state index contributed by atoms with van der Waals surface area (Å²) in [5, 5.41) is 0. The minimum atomic E-state index is 0.722. The highest BCUT2D eigenvalue weighted by molar-refractivity contribution is 4.91. The summed E-state index contributed by atoms with van der Waals surface area (Å²) >= 11 is 0. The monoisotopic (exact) mass is 127 g/mol. The number of rotatable bonds is 2. The normalized spacial score (nSPS) is 34.0. The van der Waals surface area contributed by atoms with Crippen molar-refractivity contribution in [3.8, 4) is 0 Å². The van der Waals surface area contributed by atoms with Crippen molar-refractivity contribution in [2.45, 2.75) is 39.3 Å². The molecule has 0 radical (unpaired) electrons. The maximum Gasteiger partial charge on any atom is 0.0124 e. The zero-order valence-corrected chi connectivity index (χ0v) is 6.89. The van der Waals surface area contributed by atoms with Crippen LogP contribution in [0.4, 0.5) is 0 Å². The number of nitrogens with zero attached hydrogens (tertiary/aromatic N) is 1. The molecule has 2 atom stereocenters. The van der Waals surface area contributed by atoms with Crippen molar-refractivity contribution in [2.75, 3.05) is 7.05 Å². The van der Waals surface area contributed by atoms with Crippen molar-refractivity contribution in [3.63, 3.8) is 0 Å². The van der Waals surface area contributed by atoms with Gasteiger partial charge in [-0.15, -0.1) is 0 Å². The second-order valence-electron chi connectivity index (χ2n) is 3.54. The Morgan fingerprint density at radius 3 is 2.00 bits per heavy atom. The summed E-state index contributed by atoms with van der Waals surface area (Å²) in [5.41, 5.74) is 0. The Morgan fingerprint density at radius 1 is 1.44 bits per heavy atom. The van der Waals surface area contributed by atoms with Crippen LogP contribution in [-0.4, -0.2) is 24.0 Å². The lowest BCUT2D eigenvalue weighted by molar-refractivity contribution is 0.254. The summed E-state index contributed by atoms with van der Waals surface area (Å²) in [6.45, 7) is 6.83. The van der Waals surface area contributed by atoms with Gasteiger partial charge < -0.3 is 4.90 Å². The first-order valence-electron chi connectivity index (χ1n) is 3.85. The van der Waals surface area contributed by atoms with E-state index in [-0.39, 0.29) is 0 Å². The van der Waals surface area contributed by atoms with Crippen LogP contribution >= 0.6 is 0 Å². The Labute approximate surface area is 58.0 Å². The molecule has 0 aromatic heterocycles. The van der Waals surface area contributed by atoms with Gasteiger partial charge in [-0.2, -0.15) is 0 Å². The Hall–Kier alpha value is -0.0400. The second kappa shape index (κ2) is 2.30. The van der Waals surface area contributed by atoms with E-state index in [9.17, 15) is 0 Å². The smallest absolute Gasteiger partial charge is 0.0124 e. The van der Waals surface area contributed by atoms with E-state index in [1.165, 1.54) is 6.42 Å². The maximum atomic E-state index is 2.46. The molecule has 0 unspecified atom stereocenters. The van der Waals surface area contributed by atoms with Gasteiger partial charge in [0.15, 0.2) is 0 Å². The molecule has 1 aliphatic rings. The van der Waals surface area contributed by atoms with Crippen LogP contribution in [0, 0.1) is 5.92 Å². The Bertz CT molecular complexity index is 98.7. The van der Waals surface area contributed by atoms with E-state index < -0.39 is 0 Å². The molecule has 1 saturated carbocycles. The van der Waals surface area contributed by atoms with Gasteiger partial charge in [0.1, 0.15) is 0 Å². The average Bonchev–Trinajstić information content (AvgIpc) is 2.44. The third-order valence-electron chi connectivity index (χ3n) is 2.40. The van der Waals surface area contributed by atoms with Gasteiger partial charge >= 0.3 is 0 Å². The Balaban J connectivity index is 2.27. The quantitative estimate of drug-likeness (QED) is 0.546.